The van der Waals surface area contributed by atoms with E-state index in [1.54, 1.807) is 12.1 Å². The number of likely N-dealkylation sites (tertiary alicyclic amines) is 1. The number of hydrogen-bond donors (Lipinski definition) is 0. The molecule has 1 aliphatic heterocycles. The van der Waals surface area contributed by atoms with Gasteiger partial charge in [0.1, 0.15) is 17.4 Å². The van der Waals surface area contributed by atoms with Gasteiger partial charge >= 0.3 is 5.63 Å². The average Bonchev–Trinajstić information content (AvgIpc) is 2.77. The molecule has 1 aliphatic rings. The number of fused-ring (bicyclic) bond motifs is 1. The van der Waals surface area contributed by atoms with Gasteiger partial charge in [-0.15, -0.1) is 0 Å². The van der Waals surface area contributed by atoms with Crippen LogP contribution in [0.5, 0.6) is 0 Å². The SMILES string of the molecule is C[C@H](C(=O)N1CCCCC1)N(C)c1ccc2c(-c3ccc(F)cc3Cl)cc(=O)oc2c1. The Morgan fingerprint density at radius 1 is 1.10 bits per heavy atom. The Hall–Kier alpha value is -2.86. The molecular weight excluding hydrogens is 419 g/mol. The van der Waals surface area contributed by atoms with Crippen LogP contribution in [0.4, 0.5) is 10.1 Å². The number of likely N-dealkylation sites (N-methyl/N-ethyl adjacent to an activating group) is 1. The van der Waals surface area contributed by atoms with Gasteiger partial charge in [-0.2, -0.15) is 0 Å². The lowest BCUT2D eigenvalue weighted by Gasteiger charge is -2.33. The van der Waals surface area contributed by atoms with Crippen molar-refractivity contribution in [2.24, 2.45) is 0 Å². The molecule has 1 saturated heterocycles. The molecule has 0 bridgehead atoms. The zero-order valence-corrected chi connectivity index (χ0v) is 18.3. The topological polar surface area (TPSA) is 53.8 Å². The van der Waals surface area contributed by atoms with Crippen molar-refractivity contribution in [3.8, 4) is 11.1 Å². The molecule has 5 nitrogen and oxygen atoms in total. The zero-order chi connectivity index (χ0) is 22.1. The number of carbonyl (C=O) groups excluding carboxylic acids is 1. The van der Waals surface area contributed by atoms with Crippen LogP contribution in [0.2, 0.25) is 5.02 Å². The third-order valence-electron chi connectivity index (χ3n) is 5.96. The highest BCUT2D eigenvalue weighted by molar-refractivity contribution is 6.33. The summed E-state index contributed by atoms with van der Waals surface area (Å²) in [7, 11) is 1.85. The molecule has 0 N–H and O–H groups in total. The van der Waals surface area contributed by atoms with E-state index >= 15 is 0 Å². The first-order valence-corrected chi connectivity index (χ1v) is 10.8. The minimum absolute atomic E-state index is 0.0931. The van der Waals surface area contributed by atoms with Crippen molar-refractivity contribution in [1.82, 2.24) is 4.90 Å². The lowest BCUT2D eigenvalue weighted by Crippen LogP contribution is -2.47. The normalized spacial score (nSPS) is 15.2. The number of halogens is 2. The van der Waals surface area contributed by atoms with Crippen LogP contribution in [-0.2, 0) is 4.79 Å². The van der Waals surface area contributed by atoms with Crippen LogP contribution in [0.15, 0.2) is 51.7 Å². The van der Waals surface area contributed by atoms with Crippen LogP contribution < -0.4 is 10.5 Å². The molecule has 2 heterocycles. The van der Waals surface area contributed by atoms with Crippen LogP contribution in [0.3, 0.4) is 0 Å². The standard InChI is InChI=1S/C24H24ClFN2O3/c1-15(24(30)28-10-4-3-5-11-28)27(2)17-7-9-19-20(14-23(29)31-22(19)13-17)18-8-6-16(26)12-21(18)25/h6-9,12-15H,3-5,10-11H2,1-2H3/t15-/m1/s1. The van der Waals surface area contributed by atoms with E-state index in [0.29, 0.717) is 22.1 Å². The number of amides is 1. The van der Waals surface area contributed by atoms with E-state index in [0.717, 1.165) is 38.0 Å². The minimum atomic E-state index is -0.528. The van der Waals surface area contributed by atoms with E-state index in [4.69, 9.17) is 16.0 Å². The Labute approximate surface area is 185 Å². The molecule has 7 heteroatoms. The second-order valence-corrected chi connectivity index (χ2v) is 8.36. The lowest BCUT2D eigenvalue weighted by atomic mass is 10.0. The molecule has 1 atom stereocenters. The van der Waals surface area contributed by atoms with Crippen molar-refractivity contribution in [1.29, 1.82) is 0 Å². The molecule has 3 aromatic rings. The first-order valence-electron chi connectivity index (χ1n) is 10.4. The molecular formula is C24H24ClFN2O3. The van der Waals surface area contributed by atoms with Crippen molar-refractivity contribution in [3.05, 3.63) is 63.7 Å². The van der Waals surface area contributed by atoms with Crippen LogP contribution in [0, 0.1) is 5.82 Å². The summed E-state index contributed by atoms with van der Waals surface area (Å²) in [6.07, 6.45) is 3.24. The maximum absolute atomic E-state index is 13.5. The fourth-order valence-corrected chi connectivity index (χ4v) is 4.34. The third-order valence-corrected chi connectivity index (χ3v) is 6.28. The molecule has 1 amide bonds. The molecule has 1 aromatic heterocycles. The summed E-state index contributed by atoms with van der Waals surface area (Å²) in [5, 5.41) is 0.897. The first kappa shape index (κ1) is 21.4. The first-order chi connectivity index (χ1) is 14.8. The van der Waals surface area contributed by atoms with E-state index in [2.05, 4.69) is 0 Å². The van der Waals surface area contributed by atoms with Gasteiger partial charge in [-0.25, -0.2) is 9.18 Å². The maximum atomic E-state index is 13.5. The van der Waals surface area contributed by atoms with E-state index in [1.807, 2.05) is 35.9 Å². The van der Waals surface area contributed by atoms with Crippen LogP contribution in [0.1, 0.15) is 26.2 Å². The van der Waals surface area contributed by atoms with Gasteiger partial charge in [0.05, 0.1) is 5.02 Å². The summed E-state index contributed by atoms with van der Waals surface area (Å²) >= 11 is 6.23. The molecule has 0 radical (unpaired) electrons. The number of hydrogen-bond acceptors (Lipinski definition) is 4. The Morgan fingerprint density at radius 2 is 1.84 bits per heavy atom. The smallest absolute Gasteiger partial charge is 0.336 e. The molecule has 0 unspecified atom stereocenters. The summed E-state index contributed by atoms with van der Waals surface area (Å²) in [5.41, 5.74) is 1.74. The monoisotopic (exact) mass is 442 g/mol. The van der Waals surface area contributed by atoms with E-state index in [1.165, 1.54) is 18.2 Å². The summed E-state index contributed by atoms with van der Waals surface area (Å²) < 4.78 is 18.9. The second-order valence-electron chi connectivity index (χ2n) is 7.96. The fraction of sp³-hybridized carbons (Fsp3) is 0.333. The zero-order valence-electron chi connectivity index (χ0n) is 17.5. The summed E-state index contributed by atoms with van der Waals surface area (Å²) in [6.45, 7) is 3.48. The lowest BCUT2D eigenvalue weighted by molar-refractivity contribution is -0.133. The Kier molecular flexibility index (Phi) is 6.01. The van der Waals surface area contributed by atoms with Gasteiger partial charge in [0, 0.05) is 54.5 Å². The fourth-order valence-electron chi connectivity index (χ4n) is 4.07. The van der Waals surface area contributed by atoms with Gasteiger partial charge in [0.25, 0.3) is 0 Å². The predicted molar refractivity (Wildman–Crippen MR) is 121 cm³/mol. The van der Waals surface area contributed by atoms with Crippen LogP contribution in [0.25, 0.3) is 22.1 Å². The highest BCUT2D eigenvalue weighted by Crippen LogP contribution is 2.34. The summed E-state index contributed by atoms with van der Waals surface area (Å²) in [6, 6.07) is 10.5. The van der Waals surface area contributed by atoms with Gasteiger partial charge in [-0.1, -0.05) is 11.6 Å². The van der Waals surface area contributed by atoms with Crippen molar-refractivity contribution >= 4 is 34.2 Å². The molecule has 4 rings (SSSR count). The largest absolute Gasteiger partial charge is 0.423 e. The highest BCUT2D eigenvalue weighted by Gasteiger charge is 2.25. The third kappa shape index (κ3) is 4.30. The molecule has 1 fully saturated rings. The number of anilines is 1. The number of rotatable bonds is 4. The Balaban J connectivity index is 1.69. The Morgan fingerprint density at radius 3 is 2.55 bits per heavy atom. The van der Waals surface area contributed by atoms with Crippen molar-refractivity contribution < 1.29 is 13.6 Å². The molecule has 31 heavy (non-hydrogen) atoms. The van der Waals surface area contributed by atoms with Gasteiger partial charge in [-0.3, -0.25) is 4.79 Å². The van der Waals surface area contributed by atoms with Gasteiger partial charge in [0.2, 0.25) is 5.91 Å². The molecule has 0 aliphatic carbocycles. The van der Waals surface area contributed by atoms with Gasteiger partial charge < -0.3 is 14.2 Å². The number of nitrogens with zero attached hydrogens (tertiary/aromatic N) is 2. The molecule has 0 saturated carbocycles. The number of piperidine rings is 1. The van der Waals surface area contributed by atoms with Crippen molar-refractivity contribution in [3.63, 3.8) is 0 Å². The summed E-state index contributed by atoms with van der Waals surface area (Å²) in [4.78, 5) is 28.9. The second kappa shape index (κ2) is 8.71. The van der Waals surface area contributed by atoms with E-state index in [-0.39, 0.29) is 17.0 Å². The molecule has 0 spiro atoms. The van der Waals surface area contributed by atoms with E-state index in [9.17, 15) is 14.0 Å². The van der Waals surface area contributed by atoms with Gasteiger partial charge in [0.15, 0.2) is 0 Å². The van der Waals surface area contributed by atoms with Crippen molar-refractivity contribution in [2.45, 2.75) is 32.2 Å². The quantitative estimate of drug-likeness (QED) is 0.528. The molecule has 2 aromatic carbocycles. The van der Waals surface area contributed by atoms with Crippen LogP contribution in [-0.4, -0.2) is 37.0 Å². The highest BCUT2D eigenvalue weighted by atomic mass is 35.5. The Bertz CT molecular complexity index is 1190. The predicted octanol–water partition coefficient (Wildman–Crippen LogP) is 5.09. The average molecular weight is 443 g/mol. The van der Waals surface area contributed by atoms with Crippen molar-refractivity contribution in [2.75, 3.05) is 25.0 Å². The summed E-state index contributed by atoms with van der Waals surface area (Å²) in [5.74, 6) is -0.354. The minimum Gasteiger partial charge on any atom is -0.423 e. The molecule has 162 valence electrons. The maximum Gasteiger partial charge on any atom is 0.336 e. The number of benzene rings is 2. The van der Waals surface area contributed by atoms with Gasteiger partial charge in [-0.05, 0) is 56.5 Å². The van der Waals surface area contributed by atoms with E-state index < -0.39 is 11.4 Å². The number of carbonyl (C=O) groups is 1. The van der Waals surface area contributed by atoms with Crippen LogP contribution >= 0.6 is 11.6 Å².